The van der Waals surface area contributed by atoms with Gasteiger partial charge in [-0.3, -0.25) is 14.4 Å². The van der Waals surface area contributed by atoms with Crippen molar-refractivity contribution in [3.63, 3.8) is 0 Å². The maximum Gasteiger partial charge on any atom is 0.257 e. The topological polar surface area (TPSA) is 54.5 Å². The van der Waals surface area contributed by atoms with Crippen molar-refractivity contribution < 1.29 is 9.21 Å². The molecule has 0 N–H and O–H groups in total. The molecule has 0 unspecified atom stereocenters. The molecule has 0 saturated carbocycles. The van der Waals surface area contributed by atoms with E-state index >= 15 is 0 Å². The Kier molecular flexibility index (Phi) is 6.28. The Labute approximate surface area is 184 Å². The second-order valence-corrected chi connectivity index (χ2v) is 8.81. The van der Waals surface area contributed by atoms with Gasteiger partial charge in [0.1, 0.15) is 5.76 Å². The first-order valence-corrected chi connectivity index (χ1v) is 11.1. The molecule has 1 aliphatic heterocycles. The molecule has 1 atom stereocenters. The van der Waals surface area contributed by atoms with E-state index < -0.39 is 0 Å². The fourth-order valence-electron chi connectivity index (χ4n) is 4.52. The second kappa shape index (κ2) is 9.10. The predicted molar refractivity (Wildman–Crippen MR) is 121 cm³/mol. The van der Waals surface area contributed by atoms with Gasteiger partial charge in [-0.25, -0.2) is 0 Å². The highest BCUT2D eigenvalue weighted by molar-refractivity contribution is 5.96. The number of nitrogens with zero attached hydrogens (tertiary/aromatic N) is 4. The van der Waals surface area contributed by atoms with Crippen LogP contribution in [0.25, 0.3) is 0 Å². The number of amides is 1. The van der Waals surface area contributed by atoms with Crippen LogP contribution in [0.4, 0.5) is 0 Å². The van der Waals surface area contributed by atoms with Gasteiger partial charge >= 0.3 is 0 Å². The van der Waals surface area contributed by atoms with E-state index in [9.17, 15) is 4.79 Å². The number of carbonyl (C=O) groups is 1. The summed E-state index contributed by atoms with van der Waals surface area (Å²) >= 11 is 0. The smallest absolute Gasteiger partial charge is 0.257 e. The lowest BCUT2D eigenvalue weighted by Crippen LogP contribution is -2.56. The third kappa shape index (κ3) is 4.59. The molecule has 164 valence electrons. The Morgan fingerprint density at radius 1 is 1.10 bits per heavy atom. The van der Waals surface area contributed by atoms with E-state index in [4.69, 9.17) is 9.52 Å². The fourth-order valence-corrected chi connectivity index (χ4v) is 4.52. The molecule has 2 aromatic heterocycles. The molecule has 0 spiro atoms. The molecule has 6 heteroatoms. The molecule has 3 heterocycles. The van der Waals surface area contributed by atoms with E-state index in [2.05, 4.69) is 35.8 Å². The number of carbonyl (C=O) groups excluding carboxylic acids is 1. The highest BCUT2D eigenvalue weighted by Gasteiger charge is 2.35. The maximum atomic E-state index is 13.7. The van der Waals surface area contributed by atoms with Crippen molar-refractivity contribution in [2.45, 2.75) is 46.8 Å². The molecule has 1 fully saturated rings. The molecule has 1 aliphatic rings. The Morgan fingerprint density at radius 3 is 2.55 bits per heavy atom. The summed E-state index contributed by atoms with van der Waals surface area (Å²) < 4.78 is 7.48. The Morgan fingerprint density at radius 2 is 1.87 bits per heavy atom. The van der Waals surface area contributed by atoms with Gasteiger partial charge in [-0.1, -0.05) is 44.2 Å². The van der Waals surface area contributed by atoms with Crippen molar-refractivity contribution in [1.82, 2.24) is 19.6 Å². The number of aryl methyl sites for hydroxylation is 1. The summed E-state index contributed by atoms with van der Waals surface area (Å²) in [6.07, 6.45) is 1.72. The normalized spacial score (nSPS) is 17.5. The Hall–Kier alpha value is -2.86. The Balaban J connectivity index is 1.53. The van der Waals surface area contributed by atoms with E-state index in [1.807, 2.05) is 48.9 Å². The molecule has 31 heavy (non-hydrogen) atoms. The first kappa shape index (κ1) is 21.4. The number of rotatable bonds is 6. The quantitative estimate of drug-likeness (QED) is 0.602. The van der Waals surface area contributed by atoms with Gasteiger partial charge in [-0.05, 0) is 37.5 Å². The summed E-state index contributed by atoms with van der Waals surface area (Å²) in [5.74, 6) is 1.44. The maximum absolute atomic E-state index is 13.7. The number of benzene rings is 1. The average Bonchev–Trinajstić information content (AvgIpc) is 3.36. The molecule has 6 nitrogen and oxygen atoms in total. The largest absolute Gasteiger partial charge is 0.468 e. The minimum absolute atomic E-state index is 0.102. The second-order valence-electron chi connectivity index (χ2n) is 8.81. The van der Waals surface area contributed by atoms with E-state index in [0.29, 0.717) is 19.0 Å². The lowest BCUT2D eigenvalue weighted by molar-refractivity contribution is 0.0313. The molecule has 0 bridgehead atoms. The van der Waals surface area contributed by atoms with Crippen molar-refractivity contribution in [1.29, 1.82) is 0 Å². The van der Waals surface area contributed by atoms with Crippen LogP contribution >= 0.6 is 0 Å². The molecular weight excluding hydrogens is 388 g/mol. The zero-order valence-corrected chi connectivity index (χ0v) is 18.9. The van der Waals surface area contributed by atoms with Crippen LogP contribution in [-0.4, -0.2) is 51.2 Å². The number of aromatic nitrogens is 2. The van der Waals surface area contributed by atoms with Gasteiger partial charge in [-0.2, -0.15) is 5.10 Å². The zero-order valence-electron chi connectivity index (χ0n) is 18.9. The molecule has 0 radical (unpaired) electrons. The van der Waals surface area contributed by atoms with E-state index in [1.54, 1.807) is 6.26 Å². The standard InChI is InChI=1S/C25H32N4O2/c1-18(2)23-17-27(16-22-11-8-14-31-22)12-13-28(23)25(30)24-19(3)26-29(20(24)4)15-21-9-6-5-7-10-21/h5-11,14,18,23H,12-13,15-17H2,1-4H3/t23-/m1/s1. The average molecular weight is 421 g/mol. The van der Waals surface area contributed by atoms with Gasteiger partial charge < -0.3 is 9.32 Å². The summed E-state index contributed by atoms with van der Waals surface area (Å²) in [7, 11) is 0. The SMILES string of the molecule is Cc1nn(Cc2ccccc2)c(C)c1C(=O)N1CCN(Cc2ccco2)C[C@@H]1C(C)C. The van der Waals surface area contributed by atoms with Crippen molar-refractivity contribution in [2.75, 3.05) is 19.6 Å². The number of hydrogen-bond donors (Lipinski definition) is 0. The highest BCUT2D eigenvalue weighted by Crippen LogP contribution is 2.24. The molecule has 1 aromatic carbocycles. The lowest BCUT2D eigenvalue weighted by atomic mass is 9.98. The fraction of sp³-hybridized carbons (Fsp3) is 0.440. The Bertz CT molecular complexity index is 1010. The van der Waals surface area contributed by atoms with E-state index in [1.165, 1.54) is 5.56 Å². The van der Waals surface area contributed by atoms with Crippen LogP contribution < -0.4 is 0 Å². The van der Waals surface area contributed by atoms with Crippen LogP contribution in [0.5, 0.6) is 0 Å². The van der Waals surface area contributed by atoms with Gasteiger partial charge in [0.2, 0.25) is 0 Å². The van der Waals surface area contributed by atoms with Crippen LogP contribution in [0.2, 0.25) is 0 Å². The zero-order chi connectivity index (χ0) is 22.0. The minimum atomic E-state index is 0.102. The predicted octanol–water partition coefficient (Wildman–Crippen LogP) is 4.12. The first-order valence-electron chi connectivity index (χ1n) is 11.1. The molecular formula is C25H32N4O2. The molecule has 1 saturated heterocycles. The number of hydrogen-bond acceptors (Lipinski definition) is 4. The molecule has 1 amide bonds. The van der Waals surface area contributed by atoms with Crippen LogP contribution in [0.1, 0.15) is 46.9 Å². The summed E-state index contributed by atoms with van der Waals surface area (Å²) in [5, 5.41) is 4.70. The summed E-state index contributed by atoms with van der Waals surface area (Å²) in [6.45, 7) is 12.2. The van der Waals surface area contributed by atoms with Gasteiger partial charge in [0.05, 0.1) is 30.6 Å². The third-order valence-electron chi connectivity index (χ3n) is 6.26. The molecule has 3 aromatic rings. The van der Waals surface area contributed by atoms with Crippen molar-refractivity contribution in [3.05, 3.63) is 77.0 Å². The summed E-state index contributed by atoms with van der Waals surface area (Å²) in [5.41, 5.74) is 3.67. The van der Waals surface area contributed by atoms with Crippen LogP contribution in [0.15, 0.2) is 53.1 Å². The van der Waals surface area contributed by atoms with Gasteiger partial charge in [0, 0.05) is 31.4 Å². The number of piperazine rings is 1. The summed E-state index contributed by atoms with van der Waals surface area (Å²) in [4.78, 5) is 18.1. The van der Waals surface area contributed by atoms with Crippen LogP contribution in [0.3, 0.4) is 0 Å². The van der Waals surface area contributed by atoms with Crippen molar-refractivity contribution in [3.8, 4) is 0 Å². The van der Waals surface area contributed by atoms with Crippen LogP contribution in [-0.2, 0) is 13.1 Å². The number of furan rings is 1. The van der Waals surface area contributed by atoms with E-state index in [-0.39, 0.29) is 11.9 Å². The van der Waals surface area contributed by atoms with Gasteiger partial charge in [0.15, 0.2) is 0 Å². The minimum Gasteiger partial charge on any atom is -0.468 e. The molecule has 0 aliphatic carbocycles. The van der Waals surface area contributed by atoms with Crippen LogP contribution in [0, 0.1) is 19.8 Å². The van der Waals surface area contributed by atoms with E-state index in [0.717, 1.165) is 42.3 Å². The van der Waals surface area contributed by atoms with Crippen molar-refractivity contribution >= 4 is 5.91 Å². The van der Waals surface area contributed by atoms with Gasteiger partial charge in [-0.15, -0.1) is 0 Å². The highest BCUT2D eigenvalue weighted by atomic mass is 16.3. The van der Waals surface area contributed by atoms with Crippen molar-refractivity contribution in [2.24, 2.45) is 5.92 Å². The third-order valence-corrected chi connectivity index (χ3v) is 6.26. The van der Waals surface area contributed by atoms with Gasteiger partial charge in [0.25, 0.3) is 5.91 Å². The summed E-state index contributed by atoms with van der Waals surface area (Å²) in [6, 6.07) is 14.3. The first-order chi connectivity index (χ1) is 14.9. The molecule has 4 rings (SSSR count). The monoisotopic (exact) mass is 420 g/mol. The lowest BCUT2D eigenvalue weighted by Gasteiger charge is -2.43.